The van der Waals surface area contributed by atoms with Crippen LogP contribution in [-0.2, 0) is 9.53 Å². The highest BCUT2D eigenvalue weighted by molar-refractivity contribution is 5.87. The number of hydrogen-bond acceptors (Lipinski definition) is 3. The van der Waals surface area contributed by atoms with Crippen molar-refractivity contribution in [3.8, 4) is 0 Å². The van der Waals surface area contributed by atoms with E-state index in [4.69, 9.17) is 4.74 Å². The van der Waals surface area contributed by atoms with E-state index in [1.807, 2.05) is 6.92 Å². The third-order valence-electron chi connectivity index (χ3n) is 2.53. The summed E-state index contributed by atoms with van der Waals surface area (Å²) in [6.45, 7) is 9.22. The molecule has 0 radical (unpaired) electrons. The molecule has 0 amide bonds. The second kappa shape index (κ2) is 5.15. The van der Waals surface area contributed by atoms with Crippen LogP contribution in [0, 0.1) is 0 Å². The average molecular weight is 197 g/mol. The van der Waals surface area contributed by atoms with E-state index in [1.165, 1.54) is 19.3 Å². The molecule has 3 heteroatoms. The van der Waals surface area contributed by atoms with Gasteiger partial charge in [0.2, 0.25) is 0 Å². The van der Waals surface area contributed by atoms with E-state index >= 15 is 0 Å². The lowest BCUT2D eigenvalue weighted by atomic mass is 10.1. The van der Waals surface area contributed by atoms with E-state index in [0.717, 1.165) is 13.1 Å². The molecule has 0 aromatic heterocycles. The number of ether oxygens (including phenoxy) is 1. The van der Waals surface area contributed by atoms with Crippen LogP contribution in [0.2, 0.25) is 0 Å². The first-order valence-electron chi connectivity index (χ1n) is 5.22. The van der Waals surface area contributed by atoms with Crippen molar-refractivity contribution < 1.29 is 9.53 Å². The molecule has 0 spiro atoms. The second-order valence-electron chi connectivity index (χ2n) is 3.88. The number of esters is 1. The molecule has 0 aromatic carbocycles. The molecule has 14 heavy (non-hydrogen) atoms. The Hall–Kier alpha value is -0.830. The lowest BCUT2D eigenvalue weighted by Crippen LogP contribution is -2.40. The Morgan fingerprint density at radius 1 is 1.36 bits per heavy atom. The molecular formula is C11H19NO2. The molecule has 80 valence electrons. The Morgan fingerprint density at radius 3 is 2.43 bits per heavy atom. The summed E-state index contributed by atoms with van der Waals surface area (Å²) in [7, 11) is 0. The summed E-state index contributed by atoms with van der Waals surface area (Å²) in [4.78, 5) is 13.4. The van der Waals surface area contributed by atoms with E-state index in [9.17, 15) is 4.79 Å². The predicted molar refractivity (Wildman–Crippen MR) is 55.8 cm³/mol. The lowest BCUT2D eigenvalue weighted by molar-refractivity contribution is -0.153. The predicted octanol–water partition coefficient (Wildman–Crippen LogP) is 1.94. The zero-order chi connectivity index (χ0) is 10.6. The molecule has 1 aliphatic rings. The summed E-state index contributed by atoms with van der Waals surface area (Å²) >= 11 is 0. The van der Waals surface area contributed by atoms with Crippen molar-refractivity contribution in [2.75, 3.05) is 13.1 Å². The van der Waals surface area contributed by atoms with Crippen LogP contribution in [0.5, 0.6) is 0 Å². The van der Waals surface area contributed by atoms with Gasteiger partial charge in [-0.3, -0.25) is 4.90 Å². The summed E-state index contributed by atoms with van der Waals surface area (Å²) < 4.78 is 5.24. The third kappa shape index (κ3) is 3.14. The van der Waals surface area contributed by atoms with Crippen LogP contribution in [-0.4, -0.2) is 30.2 Å². The van der Waals surface area contributed by atoms with E-state index in [0.29, 0.717) is 5.57 Å². The molecule has 0 N–H and O–H groups in total. The topological polar surface area (TPSA) is 29.5 Å². The Bertz CT molecular complexity index is 219. The minimum Gasteiger partial charge on any atom is -0.443 e. The zero-order valence-electron chi connectivity index (χ0n) is 9.08. The highest BCUT2D eigenvalue weighted by Gasteiger charge is 2.19. The number of piperidine rings is 1. The summed E-state index contributed by atoms with van der Waals surface area (Å²) in [6.07, 6.45) is 3.58. The van der Waals surface area contributed by atoms with Crippen LogP contribution < -0.4 is 0 Å². The van der Waals surface area contributed by atoms with Gasteiger partial charge in [-0.1, -0.05) is 13.0 Å². The van der Waals surface area contributed by atoms with Crippen LogP contribution >= 0.6 is 0 Å². The van der Waals surface area contributed by atoms with Crippen molar-refractivity contribution in [3.05, 3.63) is 12.2 Å². The fraction of sp³-hybridized carbons (Fsp3) is 0.727. The molecule has 1 rings (SSSR count). The monoisotopic (exact) mass is 197 g/mol. The highest BCUT2D eigenvalue weighted by Crippen LogP contribution is 2.13. The van der Waals surface area contributed by atoms with Gasteiger partial charge in [0, 0.05) is 18.7 Å². The van der Waals surface area contributed by atoms with Crippen molar-refractivity contribution in [1.29, 1.82) is 0 Å². The Balaban J connectivity index is 2.36. The molecule has 0 bridgehead atoms. The van der Waals surface area contributed by atoms with Crippen LogP contribution in [0.1, 0.15) is 33.1 Å². The van der Waals surface area contributed by atoms with Gasteiger partial charge in [0.05, 0.1) is 0 Å². The summed E-state index contributed by atoms with van der Waals surface area (Å²) in [5.74, 6) is -0.289. The molecule has 1 aliphatic heterocycles. The number of nitrogens with zero attached hydrogens (tertiary/aromatic N) is 1. The molecule has 1 atom stereocenters. The van der Waals surface area contributed by atoms with Gasteiger partial charge in [0.25, 0.3) is 0 Å². The maximum atomic E-state index is 11.2. The van der Waals surface area contributed by atoms with Crippen LogP contribution in [0.4, 0.5) is 0 Å². The minimum atomic E-state index is -0.289. The van der Waals surface area contributed by atoms with E-state index in [2.05, 4.69) is 11.5 Å². The van der Waals surface area contributed by atoms with Crippen molar-refractivity contribution in [2.24, 2.45) is 0 Å². The molecule has 1 saturated heterocycles. The first-order chi connectivity index (χ1) is 6.61. The van der Waals surface area contributed by atoms with E-state index < -0.39 is 0 Å². The summed E-state index contributed by atoms with van der Waals surface area (Å²) in [5.41, 5.74) is 0.467. The van der Waals surface area contributed by atoms with Gasteiger partial charge < -0.3 is 4.74 Å². The first kappa shape index (κ1) is 11.2. The van der Waals surface area contributed by atoms with E-state index in [-0.39, 0.29) is 12.2 Å². The van der Waals surface area contributed by atoms with Crippen LogP contribution in [0.15, 0.2) is 12.2 Å². The fourth-order valence-electron chi connectivity index (χ4n) is 1.61. The fourth-order valence-corrected chi connectivity index (χ4v) is 1.61. The summed E-state index contributed by atoms with van der Waals surface area (Å²) in [5, 5.41) is 0. The molecule has 1 heterocycles. The number of rotatable bonds is 3. The van der Waals surface area contributed by atoms with Gasteiger partial charge in [-0.2, -0.15) is 0 Å². The quantitative estimate of drug-likeness (QED) is 0.511. The number of carbonyl (C=O) groups excluding carboxylic acids is 1. The normalized spacial score (nSPS) is 20.1. The largest absolute Gasteiger partial charge is 0.443 e. The average Bonchev–Trinajstić information content (AvgIpc) is 2.19. The van der Waals surface area contributed by atoms with Gasteiger partial charge in [-0.25, -0.2) is 4.79 Å². The number of hydrogen-bond donors (Lipinski definition) is 0. The molecule has 3 nitrogen and oxygen atoms in total. The number of carbonyl (C=O) groups is 1. The van der Waals surface area contributed by atoms with Gasteiger partial charge in [0.1, 0.15) is 0 Å². The molecule has 1 unspecified atom stereocenters. The van der Waals surface area contributed by atoms with Crippen molar-refractivity contribution >= 4 is 5.97 Å². The Morgan fingerprint density at radius 2 is 1.93 bits per heavy atom. The van der Waals surface area contributed by atoms with Crippen LogP contribution in [0.25, 0.3) is 0 Å². The van der Waals surface area contributed by atoms with Crippen LogP contribution in [0.3, 0.4) is 0 Å². The highest BCUT2D eigenvalue weighted by atomic mass is 16.6. The van der Waals surface area contributed by atoms with Crippen molar-refractivity contribution in [3.63, 3.8) is 0 Å². The first-order valence-corrected chi connectivity index (χ1v) is 5.22. The lowest BCUT2D eigenvalue weighted by Gasteiger charge is -2.31. The Labute approximate surface area is 85.7 Å². The maximum Gasteiger partial charge on any atom is 0.334 e. The smallest absolute Gasteiger partial charge is 0.334 e. The molecule has 0 saturated carbocycles. The van der Waals surface area contributed by atoms with Gasteiger partial charge in [-0.15, -0.1) is 0 Å². The SMILES string of the molecule is C=C(C)C(=O)OC(C)N1CCCCC1. The zero-order valence-corrected chi connectivity index (χ0v) is 9.08. The molecule has 0 aliphatic carbocycles. The minimum absolute atomic E-state index is 0.112. The summed E-state index contributed by atoms with van der Waals surface area (Å²) in [6, 6.07) is 0. The molecule has 0 aromatic rings. The van der Waals surface area contributed by atoms with Gasteiger partial charge in [-0.05, 0) is 26.7 Å². The maximum absolute atomic E-state index is 11.2. The molecule has 1 fully saturated rings. The Kier molecular flexibility index (Phi) is 4.14. The standard InChI is InChI=1S/C11H19NO2/c1-9(2)11(13)14-10(3)12-7-5-4-6-8-12/h10H,1,4-8H2,2-3H3. The second-order valence-corrected chi connectivity index (χ2v) is 3.88. The number of likely N-dealkylation sites (tertiary alicyclic amines) is 1. The van der Waals surface area contributed by atoms with E-state index in [1.54, 1.807) is 6.92 Å². The van der Waals surface area contributed by atoms with Gasteiger partial charge in [0.15, 0.2) is 6.23 Å². The van der Waals surface area contributed by atoms with Crippen molar-refractivity contribution in [1.82, 2.24) is 4.90 Å². The third-order valence-corrected chi connectivity index (χ3v) is 2.53. The molecular weight excluding hydrogens is 178 g/mol. The van der Waals surface area contributed by atoms with Crippen molar-refractivity contribution in [2.45, 2.75) is 39.3 Å². The van der Waals surface area contributed by atoms with Gasteiger partial charge >= 0.3 is 5.97 Å².